The Kier molecular flexibility index (Phi) is 3.12. The number of benzene rings is 1. The number of nitrogens with one attached hydrogen (secondary N) is 1. The van der Waals surface area contributed by atoms with Gasteiger partial charge in [-0.3, -0.25) is 9.69 Å². The van der Waals surface area contributed by atoms with Gasteiger partial charge in [-0.25, -0.2) is 0 Å². The van der Waals surface area contributed by atoms with E-state index in [1.54, 1.807) is 6.07 Å². The van der Waals surface area contributed by atoms with Gasteiger partial charge in [-0.1, -0.05) is 11.6 Å². The summed E-state index contributed by atoms with van der Waals surface area (Å²) < 4.78 is 0. The van der Waals surface area contributed by atoms with Crippen LogP contribution in [0.4, 0.5) is 0 Å². The van der Waals surface area contributed by atoms with Crippen LogP contribution in [0.2, 0.25) is 0 Å². The third-order valence-electron chi connectivity index (χ3n) is 3.74. The van der Waals surface area contributed by atoms with Gasteiger partial charge in [-0.2, -0.15) is 0 Å². The first kappa shape index (κ1) is 12.4. The van der Waals surface area contributed by atoms with Gasteiger partial charge in [0.2, 0.25) is 0 Å². The molecule has 1 atom stereocenters. The summed E-state index contributed by atoms with van der Waals surface area (Å²) in [5.74, 6) is 0. The quantitative estimate of drug-likeness (QED) is 0.854. The third kappa shape index (κ3) is 2.55. The molecule has 0 aliphatic carbocycles. The summed E-state index contributed by atoms with van der Waals surface area (Å²) in [4.78, 5) is 17.8. The van der Waals surface area contributed by atoms with Crippen LogP contribution in [0.15, 0.2) is 29.1 Å². The summed E-state index contributed by atoms with van der Waals surface area (Å²) in [5.41, 5.74) is 8.98. The summed E-state index contributed by atoms with van der Waals surface area (Å²) in [7, 11) is 0. The van der Waals surface area contributed by atoms with Gasteiger partial charge >= 0.3 is 0 Å². The van der Waals surface area contributed by atoms with Crippen LogP contribution in [0.3, 0.4) is 0 Å². The molecule has 4 nitrogen and oxygen atoms in total. The Hall–Kier alpha value is -1.65. The molecule has 0 amide bonds. The second kappa shape index (κ2) is 4.79. The van der Waals surface area contributed by atoms with Crippen molar-refractivity contribution in [3.05, 3.63) is 45.7 Å². The number of hydrogen-bond acceptors (Lipinski definition) is 3. The number of rotatable bonds is 2. The summed E-state index contributed by atoms with van der Waals surface area (Å²) >= 11 is 0. The molecule has 0 saturated carbocycles. The topological polar surface area (TPSA) is 62.1 Å². The van der Waals surface area contributed by atoms with Crippen molar-refractivity contribution in [1.29, 1.82) is 0 Å². The molecule has 0 unspecified atom stereocenters. The minimum atomic E-state index is 0.0935. The molecular formula is C15H19N3O. The number of nitrogens with zero attached hydrogens (tertiary/aromatic N) is 1. The summed E-state index contributed by atoms with van der Waals surface area (Å²) in [6.45, 7) is 4.69. The van der Waals surface area contributed by atoms with Crippen molar-refractivity contribution >= 4 is 10.9 Å². The fourth-order valence-corrected chi connectivity index (χ4v) is 2.75. The Labute approximate surface area is 112 Å². The van der Waals surface area contributed by atoms with Crippen LogP contribution in [0.25, 0.3) is 10.9 Å². The van der Waals surface area contributed by atoms with E-state index < -0.39 is 0 Å². The monoisotopic (exact) mass is 257 g/mol. The molecule has 1 saturated heterocycles. The summed E-state index contributed by atoms with van der Waals surface area (Å²) in [6, 6.07) is 7.92. The van der Waals surface area contributed by atoms with Crippen molar-refractivity contribution in [3.8, 4) is 0 Å². The second-order valence-corrected chi connectivity index (χ2v) is 5.49. The Morgan fingerprint density at radius 1 is 1.42 bits per heavy atom. The molecule has 4 heteroatoms. The van der Waals surface area contributed by atoms with E-state index >= 15 is 0 Å². The van der Waals surface area contributed by atoms with Crippen LogP contribution < -0.4 is 11.2 Å². The Balaban J connectivity index is 1.93. The highest BCUT2D eigenvalue weighted by atomic mass is 16.1. The Bertz CT molecular complexity index is 662. The smallest absolute Gasteiger partial charge is 0.189 e. The molecular weight excluding hydrogens is 238 g/mol. The van der Waals surface area contributed by atoms with Gasteiger partial charge in [0.05, 0.1) is 0 Å². The van der Waals surface area contributed by atoms with E-state index in [-0.39, 0.29) is 11.5 Å². The first-order chi connectivity index (χ1) is 9.11. The van der Waals surface area contributed by atoms with E-state index in [2.05, 4.69) is 9.88 Å². The maximum Gasteiger partial charge on any atom is 0.189 e. The van der Waals surface area contributed by atoms with Crippen LogP contribution in [0, 0.1) is 6.92 Å². The number of hydrogen-bond donors (Lipinski definition) is 2. The Morgan fingerprint density at radius 3 is 3.00 bits per heavy atom. The minimum Gasteiger partial charge on any atom is -0.357 e. The normalized spacial score (nSPS) is 20.2. The molecule has 19 heavy (non-hydrogen) atoms. The largest absolute Gasteiger partial charge is 0.357 e. The molecule has 1 aromatic carbocycles. The lowest BCUT2D eigenvalue weighted by atomic mass is 10.1. The van der Waals surface area contributed by atoms with Crippen molar-refractivity contribution in [3.63, 3.8) is 0 Å². The fourth-order valence-electron chi connectivity index (χ4n) is 2.75. The zero-order valence-electron chi connectivity index (χ0n) is 11.1. The van der Waals surface area contributed by atoms with Gasteiger partial charge in [0.1, 0.15) is 0 Å². The summed E-state index contributed by atoms with van der Waals surface area (Å²) in [6.07, 6.45) is 1.04. The van der Waals surface area contributed by atoms with Gasteiger partial charge in [0, 0.05) is 48.3 Å². The molecule has 2 heterocycles. The average Bonchev–Trinajstić information content (AvgIpc) is 2.76. The maximum atomic E-state index is 12.1. The van der Waals surface area contributed by atoms with Gasteiger partial charge < -0.3 is 10.7 Å². The van der Waals surface area contributed by atoms with E-state index in [9.17, 15) is 4.79 Å². The highest BCUT2D eigenvalue weighted by molar-refractivity contribution is 5.79. The molecule has 0 radical (unpaired) electrons. The zero-order valence-corrected chi connectivity index (χ0v) is 11.1. The van der Waals surface area contributed by atoms with E-state index in [0.717, 1.165) is 48.2 Å². The molecule has 1 aliphatic rings. The number of aryl methyl sites for hydroxylation is 1. The van der Waals surface area contributed by atoms with Gasteiger partial charge in [-0.05, 0) is 25.5 Å². The van der Waals surface area contributed by atoms with Crippen molar-refractivity contribution < 1.29 is 0 Å². The van der Waals surface area contributed by atoms with Crippen molar-refractivity contribution in [2.24, 2.45) is 5.73 Å². The number of H-pyrrole nitrogens is 1. The molecule has 1 fully saturated rings. The minimum absolute atomic E-state index is 0.0935. The van der Waals surface area contributed by atoms with Gasteiger partial charge in [0.25, 0.3) is 0 Å². The lowest BCUT2D eigenvalue weighted by molar-refractivity contribution is 0.323. The van der Waals surface area contributed by atoms with Crippen LogP contribution >= 0.6 is 0 Å². The van der Waals surface area contributed by atoms with E-state index in [1.165, 1.54) is 0 Å². The number of likely N-dealkylation sites (tertiary alicyclic amines) is 1. The van der Waals surface area contributed by atoms with E-state index in [1.807, 2.05) is 25.1 Å². The number of aromatic amines is 1. The standard InChI is InChI=1S/C15H19N3O/c1-10-2-3-14-13(6-10)15(19)7-12(17-14)9-18-5-4-11(16)8-18/h2-3,6-7,11H,4-5,8-9,16H2,1H3,(H,17,19)/t11-/m0/s1. The van der Waals surface area contributed by atoms with Gasteiger partial charge in [-0.15, -0.1) is 0 Å². The van der Waals surface area contributed by atoms with Crippen LogP contribution in [-0.2, 0) is 6.54 Å². The highest BCUT2D eigenvalue weighted by Crippen LogP contribution is 2.14. The highest BCUT2D eigenvalue weighted by Gasteiger charge is 2.19. The molecule has 100 valence electrons. The first-order valence-corrected chi connectivity index (χ1v) is 6.72. The lowest BCUT2D eigenvalue weighted by Gasteiger charge is -2.15. The van der Waals surface area contributed by atoms with E-state index in [0.29, 0.717) is 0 Å². The number of fused-ring (bicyclic) bond motifs is 1. The number of aromatic nitrogens is 1. The zero-order chi connectivity index (χ0) is 13.4. The molecule has 2 aromatic rings. The number of pyridine rings is 1. The molecule has 1 aromatic heterocycles. The molecule has 0 bridgehead atoms. The molecule has 0 spiro atoms. The number of nitrogens with two attached hydrogens (primary N) is 1. The van der Waals surface area contributed by atoms with Crippen LogP contribution in [0.1, 0.15) is 17.7 Å². The van der Waals surface area contributed by atoms with Gasteiger partial charge in [0.15, 0.2) is 5.43 Å². The Morgan fingerprint density at radius 2 is 2.26 bits per heavy atom. The third-order valence-corrected chi connectivity index (χ3v) is 3.74. The van der Waals surface area contributed by atoms with Crippen molar-refractivity contribution in [2.45, 2.75) is 25.9 Å². The van der Waals surface area contributed by atoms with Crippen molar-refractivity contribution in [1.82, 2.24) is 9.88 Å². The second-order valence-electron chi connectivity index (χ2n) is 5.49. The fraction of sp³-hybridized carbons (Fsp3) is 0.400. The van der Waals surface area contributed by atoms with Crippen molar-refractivity contribution in [2.75, 3.05) is 13.1 Å². The van der Waals surface area contributed by atoms with E-state index in [4.69, 9.17) is 5.73 Å². The molecule has 3 rings (SSSR count). The maximum absolute atomic E-state index is 12.1. The molecule has 1 aliphatic heterocycles. The SMILES string of the molecule is Cc1ccc2[nH]c(CN3CC[C@H](N)C3)cc(=O)c2c1. The van der Waals surface area contributed by atoms with Crippen LogP contribution in [-0.4, -0.2) is 29.0 Å². The lowest BCUT2D eigenvalue weighted by Crippen LogP contribution is -2.26. The van der Waals surface area contributed by atoms with Crippen LogP contribution in [0.5, 0.6) is 0 Å². The molecule has 3 N–H and O–H groups in total. The predicted molar refractivity (Wildman–Crippen MR) is 77.2 cm³/mol. The summed E-state index contributed by atoms with van der Waals surface area (Å²) in [5, 5.41) is 0.766. The first-order valence-electron chi connectivity index (χ1n) is 6.72. The average molecular weight is 257 g/mol. The predicted octanol–water partition coefficient (Wildman–Crippen LogP) is 1.37.